The zero-order chi connectivity index (χ0) is 29.0. The van der Waals surface area contributed by atoms with Gasteiger partial charge in [-0.2, -0.15) is 0 Å². The van der Waals surface area contributed by atoms with E-state index >= 15 is 8.78 Å². The summed E-state index contributed by atoms with van der Waals surface area (Å²) in [6, 6.07) is 4.59. The van der Waals surface area contributed by atoms with Crippen molar-refractivity contribution in [2.45, 2.75) is 77.8 Å². The molecule has 2 N–H and O–H groups in total. The van der Waals surface area contributed by atoms with E-state index in [9.17, 15) is 4.79 Å². The number of nitrogens with one attached hydrogen (secondary N) is 2. The molecule has 0 aliphatic carbocycles. The van der Waals surface area contributed by atoms with Crippen molar-refractivity contribution in [3.8, 4) is 0 Å². The maximum Gasteiger partial charge on any atom is 0.240 e. The van der Waals surface area contributed by atoms with E-state index in [1.807, 2.05) is 6.07 Å². The van der Waals surface area contributed by atoms with Crippen molar-refractivity contribution in [3.05, 3.63) is 41.7 Å². The molecule has 224 valence electrons. The van der Waals surface area contributed by atoms with Gasteiger partial charge in [0, 0.05) is 50.4 Å². The van der Waals surface area contributed by atoms with E-state index in [1.165, 1.54) is 25.0 Å². The molecule has 3 aliphatic heterocycles. The molecule has 3 aliphatic rings. The van der Waals surface area contributed by atoms with Crippen LogP contribution in [0.2, 0.25) is 0 Å². The molecule has 41 heavy (non-hydrogen) atoms. The van der Waals surface area contributed by atoms with Gasteiger partial charge in [0.05, 0.1) is 17.8 Å². The molecule has 1 amide bonds. The number of amides is 1. The molecule has 0 saturated carbocycles. The topological polar surface area (TPSA) is 76.6 Å². The Morgan fingerprint density at radius 2 is 1.71 bits per heavy atom. The average Bonchev–Trinajstić information content (AvgIpc) is 2.94. The summed E-state index contributed by atoms with van der Waals surface area (Å²) in [5.41, 5.74) is 0.341. The van der Waals surface area contributed by atoms with Crippen LogP contribution >= 0.6 is 0 Å². The van der Waals surface area contributed by atoms with Crippen LogP contribution in [0.3, 0.4) is 0 Å². The number of likely N-dealkylation sites (tertiary alicyclic amines) is 1. The molecule has 1 spiro atoms. The summed E-state index contributed by atoms with van der Waals surface area (Å²) in [5, 5.41) is 6.56. The van der Waals surface area contributed by atoms with Gasteiger partial charge in [0.1, 0.15) is 29.6 Å². The molecular formula is C31H45F2N7O. The SMILES string of the molecule is CCCCCNc1cc(N2CCC3(CC2)CN(c2cc(F)c(CN4CCC(C)(C)CC4)cc2F)CC(=O)N3)ncn1. The van der Waals surface area contributed by atoms with Gasteiger partial charge >= 0.3 is 0 Å². The molecule has 4 heterocycles. The lowest BCUT2D eigenvalue weighted by Gasteiger charge is -2.48. The number of hydrogen-bond acceptors (Lipinski definition) is 7. The highest BCUT2D eigenvalue weighted by Gasteiger charge is 2.42. The van der Waals surface area contributed by atoms with Gasteiger partial charge in [-0.15, -0.1) is 0 Å². The zero-order valence-electron chi connectivity index (χ0n) is 24.8. The van der Waals surface area contributed by atoms with Crippen molar-refractivity contribution < 1.29 is 13.6 Å². The van der Waals surface area contributed by atoms with Crippen molar-refractivity contribution in [2.75, 3.05) is 60.9 Å². The fourth-order valence-corrected chi connectivity index (χ4v) is 6.29. The highest BCUT2D eigenvalue weighted by molar-refractivity contribution is 5.84. The number of piperazine rings is 1. The summed E-state index contributed by atoms with van der Waals surface area (Å²) in [6.07, 6.45) is 8.50. The van der Waals surface area contributed by atoms with Crippen LogP contribution in [0.5, 0.6) is 0 Å². The molecule has 1 aromatic carbocycles. The van der Waals surface area contributed by atoms with Crippen LogP contribution in [0.1, 0.15) is 71.3 Å². The molecule has 0 bridgehead atoms. The van der Waals surface area contributed by atoms with E-state index < -0.39 is 17.2 Å². The lowest BCUT2D eigenvalue weighted by atomic mass is 9.82. The van der Waals surface area contributed by atoms with Gasteiger partial charge in [-0.1, -0.05) is 33.6 Å². The zero-order valence-corrected chi connectivity index (χ0v) is 24.8. The molecule has 3 fully saturated rings. The molecule has 0 unspecified atom stereocenters. The van der Waals surface area contributed by atoms with Crippen LogP contribution in [0.4, 0.5) is 26.1 Å². The van der Waals surface area contributed by atoms with Crippen molar-refractivity contribution in [2.24, 2.45) is 5.41 Å². The first-order chi connectivity index (χ1) is 19.7. The Bertz CT molecular complexity index is 1200. The Kier molecular flexibility index (Phi) is 8.97. The van der Waals surface area contributed by atoms with Crippen LogP contribution in [0.25, 0.3) is 0 Å². The number of aromatic nitrogens is 2. The predicted molar refractivity (Wildman–Crippen MR) is 159 cm³/mol. The predicted octanol–water partition coefficient (Wildman–Crippen LogP) is 4.95. The van der Waals surface area contributed by atoms with Crippen molar-refractivity contribution in [1.29, 1.82) is 0 Å². The first-order valence-electron chi connectivity index (χ1n) is 15.2. The molecule has 5 rings (SSSR count). The van der Waals surface area contributed by atoms with E-state index in [-0.39, 0.29) is 18.1 Å². The number of benzene rings is 1. The molecule has 2 aromatic rings. The summed E-state index contributed by atoms with van der Waals surface area (Å²) in [4.78, 5) is 27.8. The Balaban J connectivity index is 1.22. The Morgan fingerprint density at radius 3 is 2.44 bits per heavy atom. The largest absolute Gasteiger partial charge is 0.370 e. The molecule has 0 atom stereocenters. The summed E-state index contributed by atoms with van der Waals surface area (Å²) in [6.45, 7) is 11.6. The number of anilines is 3. The van der Waals surface area contributed by atoms with Crippen LogP contribution in [0.15, 0.2) is 24.5 Å². The number of halogens is 2. The fraction of sp³-hybridized carbons (Fsp3) is 0.645. The highest BCUT2D eigenvalue weighted by Crippen LogP contribution is 2.34. The summed E-state index contributed by atoms with van der Waals surface area (Å²) < 4.78 is 30.7. The second-order valence-corrected chi connectivity index (χ2v) is 12.9. The molecular weight excluding hydrogens is 524 g/mol. The number of rotatable bonds is 9. The van der Waals surface area contributed by atoms with Crippen molar-refractivity contribution >= 4 is 23.2 Å². The highest BCUT2D eigenvalue weighted by atomic mass is 19.1. The maximum absolute atomic E-state index is 15.4. The van der Waals surface area contributed by atoms with Crippen LogP contribution in [-0.4, -0.2) is 72.1 Å². The normalized spacial score (nSPS) is 20.8. The molecule has 8 nitrogen and oxygen atoms in total. The summed E-state index contributed by atoms with van der Waals surface area (Å²) in [5.74, 6) is 0.622. The van der Waals surface area contributed by atoms with E-state index in [0.717, 1.165) is 50.5 Å². The van der Waals surface area contributed by atoms with Gasteiger partial charge in [0.25, 0.3) is 0 Å². The van der Waals surface area contributed by atoms with E-state index in [1.54, 1.807) is 11.2 Å². The maximum atomic E-state index is 15.4. The number of hydrogen-bond donors (Lipinski definition) is 2. The van der Waals surface area contributed by atoms with Crippen molar-refractivity contribution in [1.82, 2.24) is 20.2 Å². The first kappa shape index (κ1) is 29.5. The van der Waals surface area contributed by atoms with Crippen LogP contribution in [-0.2, 0) is 11.3 Å². The molecule has 10 heteroatoms. The molecule has 0 radical (unpaired) electrons. The number of unbranched alkanes of at least 4 members (excludes halogenated alkanes) is 2. The lowest BCUT2D eigenvalue weighted by molar-refractivity contribution is -0.123. The van der Waals surface area contributed by atoms with Gasteiger partial charge in [-0.3, -0.25) is 9.69 Å². The van der Waals surface area contributed by atoms with E-state index in [4.69, 9.17) is 0 Å². The standard InChI is InChI=1S/C31H45F2N7O/c1-4-5-6-11-34-27-18-28(36-22-35-27)39-14-9-31(10-15-39)21-40(20-29(41)37-31)26-17-24(32)23(16-25(26)33)19-38-12-7-30(2,3)8-13-38/h16-18,22H,4-15,19-21H2,1-3H3,(H,37,41)(H,34,35,36). The van der Waals surface area contributed by atoms with Gasteiger partial charge < -0.3 is 20.4 Å². The Morgan fingerprint density at radius 1 is 0.951 bits per heavy atom. The fourth-order valence-electron chi connectivity index (χ4n) is 6.29. The number of piperidine rings is 2. The number of carbonyl (C=O) groups is 1. The van der Waals surface area contributed by atoms with Gasteiger partial charge in [0.2, 0.25) is 5.91 Å². The van der Waals surface area contributed by atoms with Gasteiger partial charge in [0.15, 0.2) is 0 Å². The third kappa shape index (κ3) is 7.26. The third-order valence-electron chi connectivity index (χ3n) is 9.08. The third-order valence-corrected chi connectivity index (χ3v) is 9.08. The summed E-state index contributed by atoms with van der Waals surface area (Å²) >= 11 is 0. The van der Waals surface area contributed by atoms with Gasteiger partial charge in [-0.05, 0) is 56.7 Å². The number of nitrogens with zero attached hydrogens (tertiary/aromatic N) is 5. The number of carbonyl (C=O) groups excluding carboxylic acids is 1. The minimum absolute atomic E-state index is 0.0152. The quantitative estimate of drug-likeness (QED) is 0.414. The van der Waals surface area contributed by atoms with Crippen LogP contribution in [0, 0.1) is 17.0 Å². The first-order valence-corrected chi connectivity index (χ1v) is 15.2. The molecule has 3 saturated heterocycles. The Hall–Kier alpha value is -3.01. The average molecular weight is 570 g/mol. The van der Waals surface area contributed by atoms with Gasteiger partial charge in [-0.25, -0.2) is 18.7 Å². The van der Waals surface area contributed by atoms with Crippen LogP contribution < -0.4 is 20.4 Å². The van der Waals surface area contributed by atoms with E-state index in [2.05, 4.69) is 51.2 Å². The van der Waals surface area contributed by atoms with Crippen molar-refractivity contribution in [3.63, 3.8) is 0 Å². The summed E-state index contributed by atoms with van der Waals surface area (Å²) in [7, 11) is 0. The second-order valence-electron chi connectivity index (χ2n) is 12.9. The molecule has 1 aromatic heterocycles. The minimum Gasteiger partial charge on any atom is -0.370 e. The minimum atomic E-state index is -0.498. The smallest absolute Gasteiger partial charge is 0.240 e. The lowest BCUT2D eigenvalue weighted by Crippen LogP contribution is -2.66. The Labute approximate surface area is 242 Å². The van der Waals surface area contributed by atoms with E-state index in [0.29, 0.717) is 50.0 Å². The monoisotopic (exact) mass is 569 g/mol. The second kappa shape index (κ2) is 12.5.